The number of alkyl halides is 3. The molecule has 0 aliphatic carbocycles. The van der Waals surface area contributed by atoms with Crippen molar-refractivity contribution in [3.63, 3.8) is 0 Å². The number of aliphatic hydroxyl groups excluding tert-OH is 1. The molecule has 1 atom stereocenters. The molecule has 0 spiro atoms. The van der Waals surface area contributed by atoms with Gasteiger partial charge in [-0.3, -0.25) is 0 Å². The van der Waals surface area contributed by atoms with Crippen LogP contribution in [-0.4, -0.2) is 65.6 Å². The maximum absolute atomic E-state index is 13.5. The molecule has 1 fully saturated rings. The Hall–Kier alpha value is -3.26. The highest BCUT2D eigenvalue weighted by atomic mass is 32.2. The third-order valence-corrected chi connectivity index (χ3v) is 7.36. The summed E-state index contributed by atoms with van der Waals surface area (Å²) in [5.41, 5.74) is -0.614. The molecule has 2 aromatic heterocycles. The summed E-state index contributed by atoms with van der Waals surface area (Å²) in [7, 11) is -3.65. The fraction of sp³-hybridized carbons (Fsp3) is 0.478. The van der Waals surface area contributed by atoms with Crippen LogP contribution >= 0.6 is 0 Å². The van der Waals surface area contributed by atoms with E-state index in [1.165, 1.54) is 0 Å². The topological polar surface area (TPSA) is 126 Å². The third-order valence-electron chi connectivity index (χ3n) is 6.22. The van der Waals surface area contributed by atoms with E-state index in [1.807, 2.05) is 18.7 Å². The Morgan fingerprint density at radius 2 is 1.95 bits per heavy atom. The van der Waals surface area contributed by atoms with Crippen molar-refractivity contribution in [1.82, 2.24) is 20.1 Å². The van der Waals surface area contributed by atoms with Crippen LogP contribution < -0.4 is 9.80 Å². The van der Waals surface area contributed by atoms with Crippen molar-refractivity contribution < 1.29 is 31.2 Å². The van der Waals surface area contributed by atoms with Gasteiger partial charge in [0, 0.05) is 43.3 Å². The highest BCUT2D eigenvalue weighted by Crippen LogP contribution is 2.34. The Labute approximate surface area is 212 Å². The van der Waals surface area contributed by atoms with E-state index in [-0.39, 0.29) is 34.3 Å². The van der Waals surface area contributed by atoms with Crippen LogP contribution in [0.3, 0.4) is 0 Å². The highest BCUT2D eigenvalue weighted by molar-refractivity contribution is 7.90. The molecule has 1 aliphatic heterocycles. The number of rotatable bonds is 6. The Morgan fingerprint density at radius 1 is 1.22 bits per heavy atom. The van der Waals surface area contributed by atoms with Gasteiger partial charge in [0.05, 0.1) is 23.1 Å². The number of aromatic nitrogens is 4. The van der Waals surface area contributed by atoms with E-state index < -0.39 is 28.3 Å². The van der Waals surface area contributed by atoms with Gasteiger partial charge in [-0.05, 0) is 31.0 Å². The summed E-state index contributed by atoms with van der Waals surface area (Å²) in [6, 6.07) is 4.65. The van der Waals surface area contributed by atoms with Crippen molar-refractivity contribution in [2.75, 3.05) is 35.7 Å². The number of piperazine rings is 1. The molecule has 3 aromatic rings. The van der Waals surface area contributed by atoms with E-state index in [0.29, 0.717) is 36.7 Å². The molecule has 14 heteroatoms. The molecule has 1 aromatic carbocycles. The molecule has 1 saturated heterocycles. The van der Waals surface area contributed by atoms with E-state index >= 15 is 0 Å². The summed E-state index contributed by atoms with van der Waals surface area (Å²) < 4.78 is 70.9. The molecule has 3 heterocycles. The number of aliphatic hydroxyl groups is 1. The first-order chi connectivity index (χ1) is 17.3. The molecule has 0 unspecified atom stereocenters. The van der Waals surface area contributed by atoms with Crippen molar-refractivity contribution in [3.05, 3.63) is 41.5 Å². The number of halogens is 3. The molecule has 200 valence electrons. The van der Waals surface area contributed by atoms with Crippen LogP contribution in [0, 0.1) is 12.8 Å². The fourth-order valence-electron chi connectivity index (χ4n) is 4.36. The standard InChI is InChI=1S/C23H27F3N6O4S/c1-13(2)18-11-31(7-8-32(18)22-27-10-15(12-33)20(29-22)23(24,25)26)16-5-6-17(19(9-16)37(4,34)35)21-28-14(3)30-36-21/h5-6,9-10,13,18,33H,7-8,11-12H2,1-4H3/t18-/m0/s1. The largest absolute Gasteiger partial charge is 0.433 e. The predicted molar refractivity (Wildman–Crippen MR) is 129 cm³/mol. The zero-order chi connectivity index (χ0) is 27.1. The number of hydrogen-bond donors (Lipinski definition) is 1. The summed E-state index contributed by atoms with van der Waals surface area (Å²) in [6.07, 6.45) is -2.63. The van der Waals surface area contributed by atoms with Gasteiger partial charge >= 0.3 is 6.18 Å². The monoisotopic (exact) mass is 540 g/mol. The number of sulfone groups is 1. The first kappa shape index (κ1) is 26.8. The van der Waals surface area contributed by atoms with Crippen LogP contribution in [0.1, 0.15) is 30.9 Å². The van der Waals surface area contributed by atoms with Gasteiger partial charge in [-0.2, -0.15) is 18.2 Å². The summed E-state index contributed by atoms with van der Waals surface area (Å²) in [4.78, 5) is 15.8. The minimum atomic E-state index is -4.73. The minimum Gasteiger partial charge on any atom is -0.392 e. The second-order valence-electron chi connectivity index (χ2n) is 9.25. The Balaban J connectivity index is 1.67. The van der Waals surface area contributed by atoms with Crippen molar-refractivity contribution in [2.24, 2.45) is 5.92 Å². The molecular weight excluding hydrogens is 513 g/mol. The number of benzene rings is 1. The molecule has 1 N–H and O–H groups in total. The van der Waals surface area contributed by atoms with Crippen LogP contribution in [0.25, 0.3) is 11.5 Å². The molecule has 37 heavy (non-hydrogen) atoms. The second-order valence-corrected chi connectivity index (χ2v) is 11.2. The SMILES string of the molecule is Cc1noc(-c2ccc(N3CCN(c4ncc(CO)c(C(F)(F)F)n4)[C@H](C(C)C)C3)cc2S(C)(=O)=O)n1. The molecule has 10 nitrogen and oxygen atoms in total. The van der Waals surface area contributed by atoms with Crippen LogP contribution in [0.4, 0.5) is 24.8 Å². The van der Waals surface area contributed by atoms with Crippen LogP contribution in [0.2, 0.25) is 0 Å². The van der Waals surface area contributed by atoms with Gasteiger partial charge in [-0.1, -0.05) is 19.0 Å². The van der Waals surface area contributed by atoms with Crippen LogP contribution in [-0.2, 0) is 22.6 Å². The third kappa shape index (κ3) is 5.54. The maximum Gasteiger partial charge on any atom is 0.433 e. The van der Waals surface area contributed by atoms with Gasteiger partial charge in [-0.25, -0.2) is 18.4 Å². The Bertz CT molecular complexity index is 1390. The summed E-state index contributed by atoms with van der Waals surface area (Å²) in [5, 5.41) is 13.0. The van der Waals surface area contributed by atoms with Crippen molar-refractivity contribution in [3.8, 4) is 11.5 Å². The number of nitrogens with zero attached hydrogens (tertiary/aromatic N) is 6. The summed E-state index contributed by atoms with van der Waals surface area (Å²) in [6.45, 7) is 5.78. The summed E-state index contributed by atoms with van der Waals surface area (Å²) >= 11 is 0. The lowest BCUT2D eigenvalue weighted by Gasteiger charge is -2.44. The molecule has 0 amide bonds. The van der Waals surface area contributed by atoms with Gasteiger partial charge in [0.25, 0.3) is 5.89 Å². The Kier molecular flexibility index (Phi) is 7.16. The van der Waals surface area contributed by atoms with Gasteiger partial charge in [0.2, 0.25) is 5.95 Å². The zero-order valence-electron chi connectivity index (χ0n) is 20.7. The maximum atomic E-state index is 13.5. The summed E-state index contributed by atoms with van der Waals surface area (Å²) in [5.74, 6) is 0.408. The van der Waals surface area contributed by atoms with E-state index in [4.69, 9.17) is 4.52 Å². The molecule has 1 aliphatic rings. The normalized spacial score (nSPS) is 17.1. The number of aryl methyl sites for hydroxylation is 1. The van der Waals surface area contributed by atoms with Crippen LogP contribution in [0.15, 0.2) is 33.8 Å². The molecular formula is C23H27F3N6O4S. The average molecular weight is 541 g/mol. The lowest BCUT2D eigenvalue weighted by molar-refractivity contribution is -0.142. The average Bonchev–Trinajstić information content (AvgIpc) is 3.28. The van der Waals surface area contributed by atoms with E-state index in [1.54, 1.807) is 30.0 Å². The molecule has 0 radical (unpaired) electrons. The number of hydrogen-bond acceptors (Lipinski definition) is 10. The van der Waals surface area contributed by atoms with Gasteiger partial charge in [0.15, 0.2) is 21.4 Å². The fourth-order valence-corrected chi connectivity index (χ4v) is 5.25. The van der Waals surface area contributed by atoms with Crippen LogP contribution in [0.5, 0.6) is 0 Å². The van der Waals surface area contributed by atoms with Gasteiger partial charge in [0.1, 0.15) is 0 Å². The van der Waals surface area contributed by atoms with Gasteiger partial charge < -0.3 is 19.4 Å². The molecule has 0 saturated carbocycles. The van der Waals surface area contributed by atoms with Crippen molar-refractivity contribution in [1.29, 1.82) is 0 Å². The smallest absolute Gasteiger partial charge is 0.392 e. The first-order valence-electron chi connectivity index (χ1n) is 11.5. The molecule has 4 rings (SSSR count). The van der Waals surface area contributed by atoms with E-state index in [0.717, 1.165) is 12.5 Å². The van der Waals surface area contributed by atoms with Crippen molar-refractivity contribution in [2.45, 2.75) is 44.5 Å². The Morgan fingerprint density at radius 3 is 2.51 bits per heavy atom. The second kappa shape index (κ2) is 9.89. The quantitative estimate of drug-likeness (QED) is 0.499. The number of anilines is 2. The van der Waals surface area contributed by atoms with E-state index in [2.05, 4.69) is 20.1 Å². The lowest BCUT2D eigenvalue weighted by atomic mass is 9.99. The highest BCUT2D eigenvalue weighted by Gasteiger charge is 2.38. The lowest BCUT2D eigenvalue weighted by Crippen LogP contribution is -2.56. The molecule has 0 bridgehead atoms. The van der Waals surface area contributed by atoms with E-state index in [9.17, 15) is 26.7 Å². The zero-order valence-corrected chi connectivity index (χ0v) is 21.5. The first-order valence-corrected chi connectivity index (χ1v) is 13.4. The van der Waals surface area contributed by atoms with Gasteiger partial charge in [-0.15, -0.1) is 0 Å². The van der Waals surface area contributed by atoms with Crippen molar-refractivity contribution >= 4 is 21.5 Å². The predicted octanol–water partition coefficient (Wildman–Crippen LogP) is 3.10. The minimum absolute atomic E-state index is 0.00766.